The number of hydrogen-bond donors (Lipinski definition) is 2. The second kappa shape index (κ2) is 6.18. The molecule has 112 valence electrons. The molecule has 0 radical (unpaired) electrons. The first kappa shape index (κ1) is 15.4. The summed E-state index contributed by atoms with van der Waals surface area (Å²) in [6.07, 6.45) is 0. The third kappa shape index (κ3) is 3.36. The largest absolute Gasteiger partial charge is 0.465 e. The Morgan fingerprint density at radius 2 is 2.05 bits per heavy atom. The quantitative estimate of drug-likeness (QED) is 0.664. The molecule has 4 nitrogen and oxygen atoms in total. The summed E-state index contributed by atoms with van der Waals surface area (Å²) in [6, 6.07) is 7.66. The topological polar surface area (TPSA) is 64.3 Å². The van der Waals surface area contributed by atoms with Crippen LogP contribution in [0, 0.1) is 13.8 Å². The molecule has 0 fully saturated rings. The molecule has 1 atom stereocenters. The average Bonchev–Trinajstić information content (AvgIpc) is 2.79. The minimum absolute atomic E-state index is 0.157. The number of ether oxygens (including phenoxy) is 1. The van der Waals surface area contributed by atoms with Crippen LogP contribution in [0.2, 0.25) is 0 Å². The van der Waals surface area contributed by atoms with Gasteiger partial charge in [-0.05, 0) is 50.6 Å². The highest BCUT2D eigenvalue weighted by Gasteiger charge is 2.14. The maximum Gasteiger partial charge on any atom is 0.340 e. The van der Waals surface area contributed by atoms with E-state index in [4.69, 9.17) is 10.5 Å². The number of esters is 1. The van der Waals surface area contributed by atoms with Gasteiger partial charge < -0.3 is 15.8 Å². The van der Waals surface area contributed by atoms with E-state index < -0.39 is 5.97 Å². The molecular weight excluding hydrogens is 284 g/mol. The minimum Gasteiger partial charge on any atom is -0.465 e. The molecule has 2 aromatic rings. The van der Waals surface area contributed by atoms with Crippen molar-refractivity contribution in [2.45, 2.75) is 26.8 Å². The monoisotopic (exact) mass is 304 g/mol. The fraction of sp³-hybridized carbons (Fsp3) is 0.312. The molecule has 0 saturated heterocycles. The zero-order valence-electron chi connectivity index (χ0n) is 12.7. The summed E-state index contributed by atoms with van der Waals surface area (Å²) in [4.78, 5) is 14.3. The number of thiophene rings is 1. The molecule has 1 aromatic heterocycles. The highest BCUT2D eigenvalue weighted by Crippen LogP contribution is 2.29. The number of nitrogens with two attached hydrogens (primary N) is 1. The van der Waals surface area contributed by atoms with Crippen LogP contribution in [0.25, 0.3) is 0 Å². The molecule has 0 saturated carbocycles. The summed E-state index contributed by atoms with van der Waals surface area (Å²) in [5, 5.41) is 3.40. The zero-order chi connectivity index (χ0) is 15.6. The highest BCUT2D eigenvalue weighted by molar-refractivity contribution is 7.12. The van der Waals surface area contributed by atoms with Crippen molar-refractivity contribution in [2.75, 3.05) is 18.2 Å². The number of aryl methyl sites for hydroxylation is 2. The maximum absolute atomic E-state index is 11.7. The Kier molecular flexibility index (Phi) is 4.53. The van der Waals surface area contributed by atoms with Crippen LogP contribution in [0.5, 0.6) is 0 Å². The van der Waals surface area contributed by atoms with Crippen LogP contribution in [-0.4, -0.2) is 13.1 Å². The molecule has 0 aliphatic carbocycles. The lowest BCUT2D eigenvalue weighted by Crippen LogP contribution is -2.10. The molecule has 0 bridgehead atoms. The van der Waals surface area contributed by atoms with Crippen LogP contribution >= 0.6 is 11.3 Å². The summed E-state index contributed by atoms with van der Waals surface area (Å²) < 4.78 is 4.74. The van der Waals surface area contributed by atoms with E-state index in [0.29, 0.717) is 11.3 Å². The van der Waals surface area contributed by atoms with E-state index in [-0.39, 0.29) is 6.04 Å². The average molecular weight is 304 g/mol. The molecule has 5 heteroatoms. The van der Waals surface area contributed by atoms with Gasteiger partial charge in [0.05, 0.1) is 12.7 Å². The van der Waals surface area contributed by atoms with E-state index in [2.05, 4.69) is 32.2 Å². The van der Waals surface area contributed by atoms with Crippen LogP contribution < -0.4 is 11.1 Å². The molecule has 2 rings (SSSR count). The Bertz CT molecular complexity index is 664. The normalized spacial score (nSPS) is 12.0. The Balaban J connectivity index is 2.23. The van der Waals surface area contributed by atoms with Gasteiger partial charge in [-0.1, -0.05) is 0 Å². The summed E-state index contributed by atoms with van der Waals surface area (Å²) >= 11 is 1.79. The molecule has 0 spiro atoms. The Morgan fingerprint density at radius 1 is 1.33 bits per heavy atom. The van der Waals surface area contributed by atoms with Crippen molar-refractivity contribution in [3.05, 3.63) is 45.1 Å². The molecule has 3 N–H and O–H groups in total. The molecule has 1 unspecified atom stereocenters. The molecule has 0 aliphatic heterocycles. The van der Waals surface area contributed by atoms with Gasteiger partial charge in [0.15, 0.2) is 0 Å². The van der Waals surface area contributed by atoms with E-state index in [1.54, 1.807) is 23.5 Å². The van der Waals surface area contributed by atoms with Crippen LogP contribution in [0.3, 0.4) is 0 Å². The fourth-order valence-corrected chi connectivity index (χ4v) is 3.36. The van der Waals surface area contributed by atoms with Gasteiger partial charge in [-0.2, -0.15) is 0 Å². The van der Waals surface area contributed by atoms with Gasteiger partial charge in [0.2, 0.25) is 0 Å². The van der Waals surface area contributed by atoms with E-state index in [1.807, 2.05) is 6.07 Å². The lowest BCUT2D eigenvalue weighted by Gasteiger charge is -2.16. The Morgan fingerprint density at radius 3 is 2.62 bits per heavy atom. The molecule has 1 aromatic carbocycles. The lowest BCUT2D eigenvalue weighted by molar-refractivity contribution is 0.0602. The zero-order valence-corrected chi connectivity index (χ0v) is 13.5. The first-order chi connectivity index (χ1) is 9.92. The maximum atomic E-state index is 11.7. The third-order valence-corrected chi connectivity index (χ3v) is 4.37. The number of carbonyl (C=O) groups is 1. The second-order valence-corrected chi connectivity index (χ2v) is 6.49. The number of benzene rings is 1. The van der Waals surface area contributed by atoms with Crippen molar-refractivity contribution in [2.24, 2.45) is 0 Å². The number of carbonyl (C=O) groups excluding carboxylic acids is 1. The number of anilines is 2. The standard InChI is InChI=1S/C16H20N2O2S/c1-9-7-13(11(3)21-9)10(2)18-12-5-6-15(17)14(8-12)16(19)20-4/h5-8,10,18H,17H2,1-4H3. The molecule has 0 aliphatic rings. The van der Waals surface area contributed by atoms with Crippen molar-refractivity contribution >= 4 is 28.7 Å². The van der Waals surface area contributed by atoms with Gasteiger partial charge in [-0.3, -0.25) is 0 Å². The number of nitrogen functional groups attached to an aromatic ring is 1. The second-order valence-electron chi connectivity index (χ2n) is 5.03. The highest BCUT2D eigenvalue weighted by atomic mass is 32.1. The number of hydrogen-bond acceptors (Lipinski definition) is 5. The van der Waals surface area contributed by atoms with E-state index >= 15 is 0 Å². The van der Waals surface area contributed by atoms with E-state index in [9.17, 15) is 4.79 Å². The number of rotatable bonds is 4. The summed E-state index contributed by atoms with van der Waals surface area (Å²) in [5.41, 5.74) is 8.73. The van der Waals surface area contributed by atoms with Gasteiger partial charge in [0, 0.05) is 27.2 Å². The summed E-state index contributed by atoms with van der Waals surface area (Å²) in [6.45, 7) is 6.32. The van der Waals surface area contributed by atoms with Crippen molar-refractivity contribution < 1.29 is 9.53 Å². The number of methoxy groups -OCH3 is 1. The number of nitrogens with one attached hydrogen (secondary N) is 1. The molecule has 0 amide bonds. The Labute approximate surface area is 128 Å². The SMILES string of the molecule is COC(=O)c1cc(NC(C)c2cc(C)sc2C)ccc1N. The van der Waals surface area contributed by atoms with Crippen LogP contribution in [0.1, 0.15) is 38.6 Å². The van der Waals surface area contributed by atoms with Gasteiger partial charge in [-0.15, -0.1) is 11.3 Å². The van der Waals surface area contributed by atoms with Crippen LogP contribution in [0.4, 0.5) is 11.4 Å². The van der Waals surface area contributed by atoms with Crippen LogP contribution in [-0.2, 0) is 4.74 Å². The van der Waals surface area contributed by atoms with Crippen LogP contribution in [0.15, 0.2) is 24.3 Å². The first-order valence-electron chi connectivity index (χ1n) is 6.73. The van der Waals surface area contributed by atoms with Crippen molar-refractivity contribution in [1.29, 1.82) is 0 Å². The molecule has 1 heterocycles. The smallest absolute Gasteiger partial charge is 0.340 e. The predicted octanol–water partition coefficient (Wildman–Crippen LogP) is 3.91. The van der Waals surface area contributed by atoms with E-state index in [0.717, 1.165) is 5.69 Å². The first-order valence-corrected chi connectivity index (χ1v) is 7.55. The Hall–Kier alpha value is -2.01. The van der Waals surface area contributed by atoms with Gasteiger partial charge >= 0.3 is 5.97 Å². The van der Waals surface area contributed by atoms with Crippen molar-refractivity contribution in [3.8, 4) is 0 Å². The minimum atomic E-state index is -0.425. The molecular formula is C16H20N2O2S. The third-order valence-electron chi connectivity index (χ3n) is 3.39. The molecule has 21 heavy (non-hydrogen) atoms. The lowest BCUT2D eigenvalue weighted by atomic mass is 10.1. The fourth-order valence-electron chi connectivity index (χ4n) is 2.34. The van der Waals surface area contributed by atoms with Gasteiger partial charge in [-0.25, -0.2) is 4.79 Å². The predicted molar refractivity (Wildman–Crippen MR) is 88.0 cm³/mol. The summed E-state index contributed by atoms with van der Waals surface area (Å²) in [5.74, 6) is -0.425. The van der Waals surface area contributed by atoms with Crippen molar-refractivity contribution in [1.82, 2.24) is 0 Å². The van der Waals surface area contributed by atoms with Gasteiger partial charge in [0.25, 0.3) is 0 Å². The summed E-state index contributed by atoms with van der Waals surface area (Å²) in [7, 11) is 1.35. The van der Waals surface area contributed by atoms with E-state index in [1.165, 1.54) is 22.4 Å². The van der Waals surface area contributed by atoms with Gasteiger partial charge in [0.1, 0.15) is 0 Å². The van der Waals surface area contributed by atoms with Crippen molar-refractivity contribution in [3.63, 3.8) is 0 Å².